The fraction of sp³-hybridized carbons (Fsp3) is 0.100. The summed E-state index contributed by atoms with van der Waals surface area (Å²) in [4.78, 5) is 0. The Morgan fingerprint density at radius 1 is 1.31 bits per heavy atom. The Morgan fingerprint density at radius 2 is 2.12 bits per heavy atom. The SMILES string of the molecule is Nc1cc(-c2ccc(F)c3c2OCO3)[nH]n1. The van der Waals surface area contributed by atoms with Crippen molar-refractivity contribution < 1.29 is 13.9 Å². The number of hydrogen-bond acceptors (Lipinski definition) is 4. The molecule has 0 atom stereocenters. The number of anilines is 1. The molecule has 1 aliphatic heterocycles. The van der Waals surface area contributed by atoms with Gasteiger partial charge in [0, 0.05) is 11.6 Å². The topological polar surface area (TPSA) is 73.2 Å². The van der Waals surface area contributed by atoms with Crippen molar-refractivity contribution in [2.45, 2.75) is 0 Å². The molecule has 82 valence electrons. The summed E-state index contributed by atoms with van der Waals surface area (Å²) in [5.41, 5.74) is 6.85. The number of aromatic nitrogens is 2. The maximum Gasteiger partial charge on any atom is 0.231 e. The van der Waals surface area contributed by atoms with E-state index in [1.165, 1.54) is 6.07 Å². The molecule has 0 amide bonds. The average molecular weight is 221 g/mol. The van der Waals surface area contributed by atoms with Crippen LogP contribution in [0, 0.1) is 5.82 Å². The molecule has 3 rings (SSSR count). The number of nitrogens with one attached hydrogen (secondary N) is 1. The number of benzene rings is 1. The number of halogens is 1. The first-order valence-corrected chi connectivity index (χ1v) is 4.65. The molecule has 2 heterocycles. The number of hydrogen-bond donors (Lipinski definition) is 2. The lowest BCUT2D eigenvalue weighted by Gasteiger charge is -2.03. The quantitative estimate of drug-likeness (QED) is 0.765. The van der Waals surface area contributed by atoms with Crippen molar-refractivity contribution in [1.82, 2.24) is 10.2 Å². The highest BCUT2D eigenvalue weighted by molar-refractivity contribution is 5.73. The van der Waals surface area contributed by atoms with Crippen LogP contribution >= 0.6 is 0 Å². The van der Waals surface area contributed by atoms with E-state index in [1.807, 2.05) is 0 Å². The lowest BCUT2D eigenvalue weighted by molar-refractivity contribution is 0.171. The molecule has 16 heavy (non-hydrogen) atoms. The third-order valence-corrected chi connectivity index (χ3v) is 2.36. The molecule has 0 spiro atoms. The van der Waals surface area contributed by atoms with E-state index in [0.29, 0.717) is 22.8 Å². The van der Waals surface area contributed by atoms with Gasteiger partial charge >= 0.3 is 0 Å². The summed E-state index contributed by atoms with van der Waals surface area (Å²) in [7, 11) is 0. The van der Waals surface area contributed by atoms with Crippen molar-refractivity contribution in [3.63, 3.8) is 0 Å². The van der Waals surface area contributed by atoms with Crippen molar-refractivity contribution >= 4 is 5.82 Å². The Hall–Kier alpha value is -2.24. The normalized spacial score (nSPS) is 13.1. The zero-order valence-corrected chi connectivity index (χ0v) is 8.16. The molecule has 0 bridgehead atoms. The zero-order chi connectivity index (χ0) is 11.1. The molecule has 0 radical (unpaired) electrons. The Bertz CT molecular complexity index is 553. The van der Waals surface area contributed by atoms with Crippen molar-refractivity contribution in [2.75, 3.05) is 12.5 Å². The van der Waals surface area contributed by atoms with Gasteiger partial charge in [0.25, 0.3) is 0 Å². The molecule has 1 aliphatic rings. The second-order valence-corrected chi connectivity index (χ2v) is 3.37. The van der Waals surface area contributed by atoms with Crippen LogP contribution in [0.25, 0.3) is 11.3 Å². The molecular weight excluding hydrogens is 213 g/mol. The van der Waals surface area contributed by atoms with Gasteiger partial charge in [-0.2, -0.15) is 5.10 Å². The van der Waals surface area contributed by atoms with Gasteiger partial charge in [-0.1, -0.05) is 0 Å². The van der Waals surface area contributed by atoms with Crippen molar-refractivity contribution in [1.29, 1.82) is 0 Å². The fourth-order valence-corrected chi connectivity index (χ4v) is 1.65. The molecule has 5 nitrogen and oxygen atoms in total. The van der Waals surface area contributed by atoms with E-state index < -0.39 is 5.82 Å². The van der Waals surface area contributed by atoms with E-state index in [2.05, 4.69) is 10.2 Å². The van der Waals surface area contributed by atoms with Gasteiger partial charge in [-0.15, -0.1) is 0 Å². The summed E-state index contributed by atoms with van der Waals surface area (Å²) in [5.74, 6) is 0.435. The average Bonchev–Trinajstić information content (AvgIpc) is 2.87. The number of ether oxygens (including phenoxy) is 2. The standard InChI is InChI=1S/C10H8FN3O2/c11-6-2-1-5(7-3-8(12)14-13-7)9-10(6)16-4-15-9/h1-3H,4H2,(H3,12,13,14). The van der Waals surface area contributed by atoms with Gasteiger partial charge in [0.2, 0.25) is 12.5 Å². The van der Waals surface area contributed by atoms with E-state index in [-0.39, 0.29) is 12.5 Å². The van der Waals surface area contributed by atoms with Crippen LogP contribution in [0.4, 0.5) is 10.2 Å². The van der Waals surface area contributed by atoms with Crippen LogP contribution < -0.4 is 15.2 Å². The summed E-state index contributed by atoms with van der Waals surface area (Å²) in [6, 6.07) is 4.56. The number of nitrogen functional groups attached to an aromatic ring is 1. The fourth-order valence-electron chi connectivity index (χ4n) is 1.65. The number of rotatable bonds is 1. The molecule has 0 saturated heterocycles. The number of nitrogens with two attached hydrogens (primary N) is 1. The Morgan fingerprint density at radius 3 is 2.88 bits per heavy atom. The monoisotopic (exact) mass is 221 g/mol. The number of fused-ring (bicyclic) bond motifs is 1. The van der Waals surface area contributed by atoms with Crippen LogP contribution in [0.15, 0.2) is 18.2 Å². The van der Waals surface area contributed by atoms with Gasteiger partial charge in [0.1, 0.15) is 5.82 Å². The molecule has 3 N–H and O–H groups in total. The minimum atomic E-state index is -0.441. The first kappa shape index (κ1) is 9.02. The van der Waals surface area contributed by atoms with Crippen LogP contribution in [0.3, 0.4) is 0 Å². The van der Waals surface area contributed by atoms with Crippen LogP contribution in [-0.2, 0) is 0 Å². The Balaban J connectivity index is 2.19. The van der Waals surface area contributed by atoms with Gasteiger partial charge in [0.05, 0.1) is 5.69 Å². The maximum atomic E-state index is 13.3. The lowest BCUT2D eigenvalue weighted by atomic mass is 10.1. The predicted octanol–water partition coefficient (Wildman–Crippen LogP) is 1.53. The molecule has 0 fully saturated rings. The highest BCUT2D eigenvalue weighted by atomic mass is 19.1. The smallest absolute Gasteiger partial charge is 0.231 e. The third kappa shape index (κ3) is 1.19. The summed E-state index contributed by atoms with van der Waals surface area (Å²) in [6.07, 6.45) is 0. The van der Waals surface area contributed by atoms with Crippen LogP contribution in [0.2, 0.25) is 0 Å². The largest absolute Gasteiger partial charge is 0.453 e. The number of nitrogens with zero attached hydrogens (tertiary/aromatic N) is 1. The molecule has 1 aromatic heterocycles. The summed E-state index contributed by atoms with van der Waals surface area (Å²) >= 11 is 0. The first-order chi connectivity index (χ1) is 7.75. The molecule has 1 aromatic carbocycles. The highest BCUT2D eigenvalue weighted by Crippen LogP contribution is 2.42. The van der Waals surface area contributed by atoms with Crippen LogP contribution in [-0.4, -0.2) is 17.0 Å². The van der Waals surface area contributed by atoms with E-state index >= 15 is 0 Å². The van der Waals surface area contributed by atoms with E-state index in [1.54, 1.807) is 12.1 Å². The zero-order valence-electron chi connectivity index (χ0n) is 8.16. The van der Waals surface area contributed by atoms with Gasteiger partial charge in [-0.3, -0.25) is 5.10 Å². The lowest BCUT2D eigenvalue weighted by Crippen LogP contribution is -1.94. The number of aromatic amines is 1. The second-order valence-electron chi connectivity index (χ2n) is 3.37. The van der Waals surface area contributed by atoms with E-state index in [4.69, 9.17) is 15.2 Å². The summed E-state index contributed by atoms with van der Waals surface area (Å²) in [6.45, 7) is 0.0207. The Kier molecular flexibility index (Phi) is 1.76. The number of H-pyrrole nitrogens is 1. The van der Waals surface area contributed by atoms with Crippen molar-refractivity contribution in [3.8, 4) is 22.8 Å². The summed E-state index contributed by atoms with van der Waals surface area (Å²) in [5, 5.41) is 6.54. The molecule has 0 unspecified atom stereocenters. The maximum absolute atomic E-state index is 13.3. The van der Waals surface area contributed by atoms with E-state index in [0.717, 1.165) is 0 Å². The molecule has 6 heteroatoms. The molecule has 0 aliphatic carbocycles. The molecular formula is C10H8FN3O2. The third-order valence-electron chi connectivity index (χ3n) is 2.36. The minimum absolute atomic E-state index is 0.0207. The molecule has 2 aromatic rings. The molecule has 0 saturated carbocycles. The van der Waals surface area contributed by atoms with Gasteiger partial charge < -0.3 is 15.2 Å². The highest BCUT2D eigenvalue weighted by Gasteiger charge is 2.23. The summed E-state index contributed by atoms with van der Waals surface area (Å²) < 4.78 is 23.6. The first-order valence-electron chi connectivity index (χ1n) is 4.65. The second kappa shape index (κ2) is 3.13. The Labute approximate surface area is 90.0 Å². The van der Waals surface area contributed by atoms with Crippen LogP contribution in [0.1, 0.15) is 0 Å². The van der Waals surface area contributed by atoms with E-state index in [9.17, 15) is 4.39 Å². The van der Waals surface area contributed by atoms with Gasteiger partial charge in [0.15, 0.2) is 11.6 Å². The van der Waals surface area contributed by atoms with Crippen molar-refractivity contribution in [3.05, 3.63) is 24.0 Å². The van der Waals surface area contributed by atoms with Gasteiger partial charge in [-0.25, -0.2) is 4.39 Å². The minimum Gasteiger partial charge on any atom is -0.453 e. The predicted molar refractivity (Wildman–Crippen MR) is 54.5 cm³/mol. The van der Waals surface area contributed by atoms with Gasteiger partial charge in [-0.05, 0) is 12.1 Å². The van der Waals surface area contributed by atoms with Crippen LogP contribution in [0.5, 0.6) is 11.5 Å². The van der Waals surface area contributed by atoms with Crippen molar-refractivity contribution in [2.24, 2.45) is 0 Å².